The number of likely N-dealkylation sites (N-methyl/N-ethyl adjacent to an activating group) is 1. The number of hydrogen-bond acceptors (Lipinski definition) is 3. The third-order valence-corrected chi connectivity index (χ3v) is 2.90. The van der Waals surface area contributed by atoms with E-state index in [0.717, 1.165) is 11.3 Å². The smallest absolute Gasteiger partial charge is 0.328 e. The summed E-state index contributed by atoms with van der Waals surface area (Å²) < 4.78 is 5.14. The van der Waals surface area contributed by atoms with Gasteiger partial charge in [0.2, 0.25) is 0 Å². The Morgan fingerprint density at radius 2 is 2.12 bits per heavy atom. The number of hydrogen-bond donors (Lipinski definition) is 2. The molecule has 1 atom stereocenters. The monoisotopic (exact) mass is 223 g/mol. The van der Waals surface area contributed by atoms with Crippen LogP contribution in [0.1, 0.15) is 18.1 Å². The van der Waals surface area contributed by atoms with Gasteiger partial charge in [-0.3, -0.25) is 0 Å². The number of methoxy groups -OCH3 is 1. The van der Waals surface area contributed by atoms with E-state index in [9.17, 15) is 9.90 Å². The SMILES string of the molecule is CN[C@](C)(C(=O)O)c1ccc(OC)c(C)c1. The highest BCUT2D eigenvalue weighted by Crippen LogP contribution is 2.26. The Balaban J connectivity index is 3.23. The third-order valence-electron chi connectivity index (χ3n) is 2.90. The van der Waals surface area contributed by atoms with Gasteiger partial charge in [0.05, 0.1) is 7.11 Å². The fraction of sp³-hybridized carbons (Fsp3) is 0.417. The number of carboxylic acids is 1. The molecular weight excluding hydrogens is 206 g/mol. The van der Waals surface area contributed by atoms with Crippen molar-refractivity contribution >= 4 is 5.97 Å². The van der Waals surface area contributed by atoms with E-state index in [4.69, 9.17) is 4.74 Å². The van der Waals surface area contributed by atoms with Crippen LogP contribution in [0, 0.1) is 6.92 Å². The number of rotatable bonds is 4. The van der Waals surface area contributed by atoms with Gasteiger partial charge in [-0.25, -0.2) is 4.79 Å². The molecule has 88 valence electrons. The van der Waals surface area contributed by atoms with Gasteiger partial charge in [-0.05, 0) is 44.2 Å². The molecule has 0 saturated carbocycles. The van der Waals surface area contributed by atoms with Gasteiger partial charge in [0, 0.05) is 0 Å². The minimum Gasteiger partial charge on any atom is -0.496 e. The second-order valence-electron chi connectivity index (χ2n) is 3.86. The van der Waals surface area contributed by atoms with Crippen molar-refractivity contribution in [2.24, 2.45) is 0 Å². The Labute approximate surface area is 95.2 Å². The number of ether oxygens (including phenoxy) is 1. The van der Waals surface area contributed by atoms with Crippen LogP contribution in [0.3, 0.4) is 0 Å². The molecule has 16 heavy (non-hydrogen) atoms. The van der Waals surface area contributed by atoms with E-state index in [1.165, 1.54) is 0 Å². The van der Waals surface area contributed by atoms with Crippen molar-refractivity contribution in [3.63, 3.8) is 0 Å². The quantitative estimate of drug-likeness (QED) is 0.812. The summed E-state index contributed by atoms with van der Waals surface area (Å²) in [7, 11) is 3.23. The molecule has 0 spiro atoms. The van der Waals surface area contributed by atoms with Gasteiger partial charge in [0.25, 0.3) is 0 Å². The first-order valence-corrected chi connectivity index (χ1v) is 5.03. The second kappa shape index (κ2) is 4.53. The fourth-order valence-electron chi connectivity index (χ4n) is 1.56. The first-order valence-electron chi connectivity index (χ1n) is 5.03. The van der Waals surface area contributed by atoms with Crippen molar-refractivity contribution in [2.45, 2.75) is 19.4 Å². The zero-order chi connectivity index (χ0) is 12.3. The van der Waals surface area contributed by atoms with E-state index in [-0.39, 0.29) is 0 Å². The number of carbonyl (C=O) groups is 1. The molecule has 0 amide bonds. The molecule has 1 rings (SSSR count). The Morgan fingerprint density at radius 3 is 2.50 bits per heavy atom. The Kier molecular flexibility index (Phi) is 3.55. The fourth-order valence-corrected chi connectivity index (χ4v) is 1.56. The maximum Gasteiger partial charge on any atom is 0.328 e. The zero-order valence-corrected chi connectivity index (χ0v) is 10.00. The van der Waals surface area contributed by atoms with Gasteiger partial charge in [-0.1, -0.05) is 6.07 Å². The van der Waals surface area contributed by atoms with Crippen molar-refractivity contribution in [1.82, 2.24) is 5.32 Å². The van der Waals surface area contributed by atoms with Gasteiger partial charge >= 0.3 is 5.97 Å². The molecule has 2 N–H and O–H groups in total. The lowest BCUT2D eigenvalue weighted by Crippen LogP contribution is -2.44. The first kappa shape index (κ1) is 12.5. The van der Waals surface area contributed by atoms with Crippen LogP contribution in [-0.4, -0.2) is 25.2 Å². The summed E-state index contributed by atoms with van der Waals surface area (Å²) in [6.45, 7) is 3.52. The number of aliphatic carboxylic acids is 1. The van der Waals surface area contributed by atoms with Crippen LogP contribution in [-0.2, 0) is 10.3 Å². The molecule has 0 aliphatic carbocycles. The molecule has 0 heterocycles. The molecular formula is C12H17NO3. The minimum absolute atomic E-state index is 0.709. The minimum atomic E-state index is -1.07. The normalized spacial score (nSPS) is 14.2. The van der Waals surface area contributed by atoms with E-state index in [1.807, 2.05) is 13.0 Å². The lowest BCUT2D eigenvalue weighted by Gasteiger charge is -2.25. The Hall–Kier alpha value is -1.55. The van der Waals surface area contributed by atoms with Crippen LogP contribution in [0.25, 0.3) is 0 Å². The van der Waals surface area contributed by atoms with E-state index >= 15 is 0 Å². The highest BCUT2D eigenvalue weighted by Gasteiger charge is 2.33. The van der Waals surface area contributed by atoms with E-state index in [2.05, 4.69) is 5.32 Å². The van der Waals surface area contributed by atoms with Crippen molar-refractivity contribution in [3.05, 3.63) is 29.3 Å². The molecule has 0 aromatic heterocycles. The van der Waals surface area contributed by atoms with Gasteiger partial charge in [-0.15, -0.1) is 0 Å². The van der Waals surface area contributed by atoms with E-state index < -0.39 is 11.5 Å². The predicted octanol–water partition coefficient (Wildman–Crippen LogP) is 1.52. The van der Waals surface area contributed by atoms with Crippen molar-refractivity contribution < 1.29 is 14.6 Å². The average Bonchev–Trinajstić information content (AvgIpc) is 2.27. The molecule has 0 fully saturated rings. The molecule has 0 saturated heterocycles. The topological polar surface area (TPSA) is 58.6 Å². The van der Waals surface area contributed by atoms with Crippen molar-refractivity contribution in [1.29, 1.82) is 0 Å². The molecule has 0 unspecified atom stereocenters. The van der Waals surface area contributed by atoms with Gasteiger partial charge in [0.15, 0.2) is 0 Å². The van der Waals surface area contributed by atoms with Crippen molar-refractivity contribution in [2.75, 3.05) is 14.2 Å². The van der Waals surface area contributed by atoms with Gasteiger partial charge in [-0.2, -0.15) is 0 Å². The lowest BCUT2D eigenvalue weighted by atomic mass is 9.91. The Morgan fingerprint density at radius 1 is 1.50 bits per heavy atom. The van der Waals surface area contributed by atoms with Gasteiger partial charge < -0.3 is 15.2 Å². The maximum absolute atomic E-state index is 11.2. The number of nitrogens with one attached hydrogen (secondary N) is 1. The van der Waals surface area contributed by atoms with Crippen LogP contribution in [0.5, 0.6) is 5.75 Å². The zero-order valence-electron chi connectivity index (χ0n) is 10.00. The lowest BCUT2D eigenvalue weighted by molar-refractivity contribution is -0.144. The third kappa shape index (κ3) is 2.02. The van der Waals surface area contributed by atoms with Crippen LogP contribution in [0.4, 0.5) is 0 Å². The molecule has 0 bridgehead atoms. The molecule has 1 aromatic carbocycles. The van der Waals surface area contributed by atoms with Crippen LogP contribution < -0.4 is 10.1 Å². The standard InChI is InChI=1S/C12H17NO3/c1-8-7-9(5-6-10(8)16-4)12(2,13-3)11(14)15/h5-7,13H,1-4H3,(H,14,15)/t12-/m0/s1. The summed E-state index contributed by atoms with van der Waals surface area (Å²) >= 11 is 0. The van der Waals surface area contributed by atoms with Crippen LogP contribution in [0.2, 0.25) is 0 Å². The van der Waals surface area contributed by atoms with Crippen molar-refractivity contribution in [3.8, 4) is 5.75 Å². The number of carboxylic acid groups (broad SMARTS) is 1. The average molecular weight is 223 g/mol. The highest BCUT2D eigenvalue weighted by atomic mass is 16.5. The summed E-state index contributed by atoms with van der Waals surface area (Å²) in [4.78, 5) is 11.2. The molecule has 1 aromatic rings. The number of benzene rings is 1. The highest BCUT2D eigenvalue weighted by molar-refractivity contribution is 5.80. The molecule has 4 heteroatoms. The predicted molar refractivity (Wildman–Crippen MR) is 61.8 cm³/mol. The summed E-state index contributed by atoms with van der Waals surface area (Å²) in [5.74, 6) is -0.146. The van der Waals surface area contributed by atoms with E-state index in [1.54, 1.807) is 33.2 Å². The summed E-state index contributed by atoms with van der Waals surface area (Å²) in [5.41, 5.74) is 0.556. The van der Waals surface area contributed by atoms with Crippen LogP contribution in [0.15, 0.2) is 18.2 Å². The molecule has 0 radical (unpaired) electrons. The molecule has 0 aliphatic rings. The van der Waals surface area contributed by atoms with E-state index in [0.29, 0.717) is 5.56 Å². The summed E-state index contributed by atoms with van der Waals surface area (Å²) in [6.07, 6.45) is 0. The summed E-state index contributed by atoms with van der Waals surface area (Å²) in [6, 6.07) is 5.36. The Bertz CT molecular complexity index is 403. The molecule has 4 nitrogen and oxygen atoms in total. The second-order valence-corrected chi connectivity index (χ2v) is 3.86. The number of aryl methyl sites for hydroxylation is 1. The van der Waals surface area contributed by atoms with Crippen LogP contribution >= 0.6 is 0 Å². The maximum atomic E-state index is 11.2. The van der Waals surface area contributed by atoms with Gasteiger partial charge in [0.1, 0.15) is 11.3 Å². The summed E-state index contributed by atoms with van der Waals surface area (Å²) in [5, 5.41) is 12.0. The molecule has 0 aliphatic heterocycles. The first-order chi connectivity index (χ1) is 7.45. The largest absolute Gasteiger partial charge is 0.496 e.